The van der Waals surface area contributed by atoms with Gasteiger partial charge in [-0.15, -0.1) is 0 Å². The van der Waals surface area contributed by atoms with Gasteiger partial charge in [0.25, 0.3) is 0 Å². The third-order valence-electron chi connectivity index (χ3n) is 13.0. The smallest absolute Gasteiger partial charge is 0.0546 e. The Morgan fingerprint density at radius 3 is 1.55 bits per heavy atom. The van der Waals surface area contributed by atoms with E-state index in [4.69, 9.17) is 0 Å². The monoisotopic (exact) mass is 840 g/mol. The molecule has 0 aliphatic heterocycles. The lowest BCUT2D eigenvalue weighted by Gasteiger charge is -2.30. The number of para-hydroxylation sites is 2. The molecule has 0 saturated heterocycles. The van der Waals surface area contributed by atoms with Crippen LogP contribution in [0.1, 0.15) is 0 Å². The maximum atomic E-state index is 2.47. The molecule has 0 saturated carbocycles. The molecule has 12 rings (SSSR count). The summed E-state index contributed by atoms with van der Waals surface area (Å²) < 4.78 is 2.38. The maximum Gasteiger partial charge on any atom is 0.0546 e. The van der Waals surface area contributed by atoms with E-state index in [-0.39, 0.29) is 0 Å². The minimum absolute atomic E-state index is 1.07. The van der Waals surface area contributed by atoms with Crippen molar-refractivity contribution in [2.24, 2.45) is 0 Å². The van der Waals surface area contributed by atoms with Gasteiger partial charge in [-0.2, -0.15) is 0 Å². The molecule has 12 aromatic rings. The van der Waals surface area contributed by atoms with Gasteiger partial charge in [-0.05, 0) is 122 Å². The Morgan fingerprint density at radius 2 is 0.773 bits per heavy atom. The second-order valence-electron chi connectivity index (χ2n) is 16.9. The van der Waals surface area contributed by atoms with Gasteiger partial charge in [0, 0.05) is 33.4 Å². The van der Waals surface area contributed by atoms with Gasteiger partial charge in [0.2, 0.25) is 0 Å². The fourth-order valence-corrected chi connectivity index (χ4v) is 9.99. The highest BCUT2D eigenvalue weighted by atomic mass is 15.1. The first-order valence-corrected chi connectivity index (χ1v) is 22.7. The first-order chi connectivity index (χ1) is 32.8. The summed E-state index contributed by atoms with van der Waals surface area (Å²) in [6.07, 6.45) is 0. The number of anilines is 3. The molecule has 0 atom stereocenters. The van der Waals surface area contributed by atoms with E-state index in [0.29, 0.717) is 0 Å². The molecule has 0 spiro atoms. The molecule has 2 heteroatoms. The zero-order valence-electron chi connectivity index (χ0n) is 36.3. The van der Waals surface area contributed by atoms with Crippen molar-refractivity contribution in [1.82, 2.24) is 4.57 Å². The first-order valence-electron chi connectivity index (χ1n) is 22.7. The summed E-state index contributed by atoms with van der Waals surface area (Å²) >= 11 is 0. The van der Waals surface area contributed by atoms with Crippen LogP contribution in [0.2, 0.25) is 0 Å². The molecule has 0 amide bonds. The Bertz CT molecular complexity index is 3690. The van der Waals surface area contributed by atoms with Gasteiger partial charge in [0.1, 0.15) is 0 Å². The average Bonchev–Trinajstić information content (AvgIpc) is 3.73. The van der Waals surface area contributed by atoms with Gasteiger partial charge in [0.05, 0.1) is 16.7 Å². The van der Waals surface area contributed by atoms with Crippen LogP contribution in [0.3, 0.4) is 0 Å². The van der Waals surface area contributed by atoms with Gasteiger partial charge in [-0.1, -0.05) is 206 Å². The van der Waals surface area contributed by atoms with E-state index in [9.17, 15) is 0 Å². The fourth-order valence-electron chi connectivity index (χ4n) is 9.99. The molecule has 0 fully saturated rings. The number of benzene rings is 11. The minimum atomic E-state index is 1.07. The number of hydrogen-bond acceptors (Lipinski definition) is 1. The third kappa shape index (κ3) is 6.93. The largest absolute Gasteiger partial charge is 0.310 e. The van der Waals surface area contributed by atoms with Crippen molar-refractivity contribution in [2.75, 3.05) is 4.90 Å². The third-order valence-corrected chi connectivity index (χ3v) is 13.0. The van der Waals surface area contributed by atoms with E-state index >= 15 is 0 Å². The van der Waals surface area contributed by atoms with Crippen LogP contribution in [-0.2, 0) is 0 Å². The zero-order valence-corrected chi connectivity index (χ0v) is 36.3. The summed E-state index contributed by atoms with van der Waals surface area (Å²) in [7, 11) is 0. The summed E-state index contributed by atoms with van der Waals surface area (Å²) in [5.41, 5.74) is 18.5. The molecular formula is C64H44N2. The second-order valence-corrected chi connectivity index (χ2v) is 16.9. The van der Waals surface area contributed by atoms with Crippen LogP contribution in [0.25, 0.3) is 93.9 Å². The number of rotatable bonds is 9. The van der Waals surface area contributed by atoms with Crippen LogP contribution < -0.4 is 4.90 Å². The summed E-state index contributed by atoms with van der Waals surface area (Å²) in [6, 6.07) is 97.1. The van der Waals surface area contributed by atoms with Crippen molar-refractivity contribution in [1.29, 1.82) is 0 Å². The number of aromatic nitrogens is 1. The highest BCUT2D eigenvalue weighted by Gasteiger charge is 2.24. The quantitative estimate of drug-likeness (QED) is 0.141. The SMILES string of the molecule is c1ccc(-c2ccccc2-c2c(-c3ccccc3)cccc2N(c2cccc(-c3ccc4c(c3)c3ccccc3n4-c3ccccc3)c2)c2cccc(-c3cccc4ccccc34)c2)cc1. The molecule has 1 aromatic heterocycles. The Hall–Kier alpha value is -8.72. The molecule has 0 aliphatic carbocycles. The lowest BCUT2D eigenvalue weighted by Crippen LogP contribution is -2.12. The van der Waals surface area contributed by atoms with Crippen molar-refractivity contribution in [3.63, 3.8) is 0 Å². The summed E-state index contributed by atoms with van der Waals surface area (Å²) in [4.78, 5) is 2.47. The molecule has 0 aliphatic rings. The van der Waals surface area contributed by atoms with Crippen LogP contribution in [-0.4, -0.2) is 4.57 Å². The summed E-state index contributed by atoms with van der Waals surface area (Å²) in [5.74, 6) is 0. The Balaban J connectivity index is 1.10. The Morgan fingerprint density at radius 1 is 0.273 bits per heavy atom. The van der Waals surface area contributed by atoms with Crippen LogP contribution in [0.4, 0.5) is 17.1 Å². The maximum absolute atomic E-state index is 2.47. The van der Waals surface area contributed by atoms with Gasteiger partial charge < -0.3 is 9.47 Å². The van der Waals surface area contributed by atoms with Crippen molar-refractivity contribution in [3.8, 4) is 61.3 Å². The molecule has 310 valence electrons. The molecular weight excluding hydrogens is 797 g/mol. The number of fused-ring (bicyclic) bond motifs is 4. The molecule has 1 heterocycles. The normalized spacial score (nSPS) is 11.3. The summed E-state index contributed by atoms with van der Waals surface area (Å²) in [6.45, 7) is 0. The van der Waals surface area contributed by atoms with Crippen LogP contribution in [0.15, 0.2) is 267 Å². The number of hydrogen-bond donors (Lipinski definition) is 0. The first kappa shape index (κ1) is 38.9. The van der Waals surface area contributed by atoms with Crippen LogP contribution in [0, 0.1) is 0 Å². The lowest BCUT2D eigenvalue weighted by molar-refractivity contribution is 1.18. The second kappa shape index (κ2) is 16.8. The Kier molecular flexibility index (Phi) is 9.89. The van der Waals surface area contributed by atoms with E-state index in [1.165, 1.54) is 71.5 Å². The molecule has 0 N–H and O–H groups in total. The van der Waals surface area contributed by atoms with E-state index in [1.54, 1.807) is 0 Å². The van der Waals surface area contributed by atoms with E-state index in [2.05, 4.69) is 276 Å². The molecule has 11 aromatic carbocycles. The van der Waals surface area contributed by atoms with Gasteiger partial charge in [-0.3, -0.25) is 0 Å². The average molecular weight is 841 g/mol. The van der Waals surface area contributed by atoms with Crippen LogP contribution >= 0.6 is 0 Å². The van der Waals surface area contributed by atoms with Gasteiger partial charge >= 0.3 is 0 Å². The highest BCUT2D eigenvalue weighted by molar-refractivity contribution is 6.11. The van der Waals surface area contributed by atoms with Gasteiger partial charge in [-0.25, -0.2) is 0 Å². The van der Waals surface area contributed by atoms with E-state index in [0.717, 1.165) is 39.4 Å². The van der Waals surface area contributed by atoms with Crippen molar-refractivity contribution in [2.45, 2.75) is 0 Å². The molecule has 0 bridgehead atoms. The van der Waals surface area contributed by atoms with E-state index in [1.807, 2.05) is 0 Å². The Labute approximate surface area is 385 Å². The highest BCUT2D eigenvalue weighted by Crippen LogP contribution is 2.49. The lowest BCUT2D eigenvalue weighted by atomic mass is 9.87. The standard InChI is InChI=1S/C64H44N2/c1-4-20-45(21-5-1)55-33-12-13-35-59(55)64-57(47-22-6-2-7-23-47)37-19-39-63(64)65(53-31-17-27-50(43-53)56-36-18-25-46-24-10-11-32-54(46)56)52-30-16-26-48(42-52)49-40-41-62-60(44-49)58-34-14-15-38-61(58)66(62)51-28-8-3-9-29-51/h1-44H. The predicted molar refractivity (Wildman–Crippen MR) is 280 cm³/mol. The topological polar surface area (TPSA) is 8.17 Å². The van der Waals surface area contributed by atoms with E-state index < -0.39 is 0 Å². The van der Waals surface area contributed by atoms with Gasteiger partial charge in [0.15, 0.2) is 0 Å². The minimum Gasteiger partial charge on any atom is -0.310 e. The molecule has 0 radical (unpaired) electrons. The van der Waals surface area contributed by atoms with Crippen LogP contribution in [0.5, 0.6) is 0 Å². The molecule has 66 heavy (non-hydrogen) atoms. The van der Waals surface area contributed by atoms with Crippen molar-refractivity contribution >= 4 is 49.6 Å². The predicted octanol–water partition coefficient (Wildman–Crippen LogP) is 17.7. The summed E-state index contributed by atoms with van der Waals surface area (Å²) in [5, 5.41) is 4.93. The van der Waals surface area contributed by atoms with Crippen molar-refractivity contribution < 1.29 is 0 Å². The fraction of sp³-hybridized carbons (Fsp3) is 0. The molecule has 0 unspecified atom stereocenters. The van der Waals surface area contributed by atoms with Crippen molar-refractivity contribution in [3.05, 3.63) is 267 Å². The zero-order chi connectivity index (χ0) is 43.8. The molecule has 2 nitrogen and oxygen atoms in total. The number of nitrogens with zero attached hydrogens (tertiary/aromatic N) is 2.